The van der Waals surface area contributed by atoms with E-state index in [9.17, 15) is 0 Å². The molecule has 2 aliphatic rings. The smallest absolute Gasteiger partial charge is 0.225 e. The minimum Gasteiger partial charge on any atom is -0.351 e. The van der Waals surface area contributed by atoms with Gasteiger partial charge in [0.25, 0.3) is 0 Å². The fraction of sp³-hybridized carbons (Fsp3) is 0.438. The molecular weight excluding hydrogens is 304 g/mol. The van der Waals surface area contributed by atoms with Crippen LogP contribution < -0.4 is 9.80 Å². The number of hydrogen-bond acceptors (Lipinski definition) is 8. The number of hydrogen-bond donors (Lipinski definition) is 0. The van der Waals surface area contributed by atoms with E-state index < -0.39 is 0 Å². The molecule has 4 heterocycles. The van der Waals surface area contributed by atoms with Crippen molar-refractivity contribution in [1.82, 2.24) is 25.1 Å². The Balaban J connectivity index is 1.32. The average molecular weight is 322 g/mol. The maximum absolute atomic E-state index is 9.17. The highest BCUT2D eigenvalue weighted by atomic mass is 15.4. The fourth-order valence-corrected chi connectivity index (χ4v) is 3.25. The number of piperazine rings is 1. The summed E-state index contributed by atoms with van der Waals surface area (Å²) in [4.78, 5) is 15.5. The fourth-order valence-electron chi connectivity index (χ4n) is 3.25. The lowest BCUT2D eigenvalue weighted by Gasteiger charge is -2.48. The Bertz CT molecular complexity index is 729. The first-order chi connectivity index (χ1) is 11.8. The Morgan fingerprint density at radius 3 is 2.46 bits per heavy atom. The molecule has 0 amide bonds. The predicted molar refractivity (Wildman–Crippen MR) is 88.6 cm³/mol. The minimum atomic E-state index is 0.511. The third-order valence-electron chi connectivity index (χ3n) is 4.65. The van der Waals surface area contributed by atoms with Gasteiger partial charge in [-0.25, -0.2) is 9.97 Å². The highest BCUT2D eigenvalue weighted by Crippen LogP contribution is 2.25. The summed E-state index contributed by atoms with van der Waals surface area (Å²) in [7, 11) is 0. The van der Waals surface area contributed by atoms with Crippen molar-refractivity contribution >= 4 is 11.8 Å². The van der Waals surface area contributed by atoms with Crippen molar-refractivity contribution in [2.75, 3.05) is 49.1 Å². The van der Waals surface area contributed by atoms with E-state index in [1.54, 1.807) is 24.7 Å². The summed E-state index contributed by atoms with van der Waals surface area (Å²) in [5.41, 5.74) is 0.592. The molecular formula is C16H18N8. The molecule has 2 aliphatic heterocycles. The maximum Gasteiger partial charge on any atom is 0.225 e. The van der Waals surface area contributed by atoms with Gasteiger partial charge in [-0.3, -0.25) is 4.90 Å². The van der Waals surface area contributed by atoms with Crippen LogP contribution in [0, 0.1) is 11.3 Å². The molecule has 2 saturated heterocycles. The van der Waals surface area contributed by atoms with Crippen molar-refractivity contribution in [2.24, 2.45) is 0 Å². The van der Waals surface area contributed by atoms with Crippen LogP contribution in [0.3, 0.4) is 0 Å². The first-order valence-electron chi connectivity index (χ1n) is 8.08. The second-order valence-electron chi connectivity index (χ2n) is 6.01. The van der Waals surface area contributed by atoms with Crippen LogP contribution in [-0.2, 0) is 0 Å². The van der Waals surface area contributed by atoms with Crippen molar-refractivity contribution in [1.29, 1.82) is 5.26 Å². The second kappa shape index (κ2) is 6.37. The summed E-state index contributed by atoms with van der Waals surface area (Å²) in [6.07, 6.45) is 5.13. The molecule has 2 aromatic heterocycles. The number of rotatable bonds is 3. The lowest BCUT2D eigenvalue weighted by Crippen LogP contribution is -2.63. The average Bonchev–Trinajstić information content (AvgIpc) is 2.62. The van der Waals surface area contributed by atoms with Crippen LogP contribution in [0.5, 0.6) is 0 Å². The first-order valence-corrected chi connectivity index (χ1v) is 8.08. The molecule has 0 saturated carbocycles. The van der Waals surface area contributed by atoms with Crippen LogP contribution in [-0.4, -0.2) is 70.4 Å². The minimum absolute atomic E-state index is 0.511. The highest BCUT2D eigenvalue weighted by molar-refractivity contribution is 5.54. The van der Waals surface area contributed by atoms with E-state index in [-0.39, 0.29) is 0 Å². The van der Waals surface area contributed by atoms with Gasteiger partial charge in [0.2, 0.25) is 5.95 Å². The molecule has 0 radical (unpaired) electrons. The third-order valence-corrected chi connectivity index (χ3v) is 4.65. The Hall–Kier alpha value is -2.79. The highest BCUT2D eigenvalue weighted by Gasteiger charge is 2.35. The quantitative estimate of drug-likeness (QED) is 0.789. The van der Waals surface area contributed by atoms with Crippen molar-refractivity contribution < 1.29 is 0 Å². The molecule has 0 unspecified atom stereocenters. The molecule has 2 aromatic rings. The number of nitrogens with zero attached hydrogens (tertiary/aromatic N) is 8. The summed E-state index contributed by atoms with van der Waals surface area (Å²) in [6, 6.07) is 6.25. The Morgan fingerprint density at radius 1 is 1.00 bits per heavy atom. The zero-order chi connectivity index (χ0) is 16.4. The molecule has 24 heavy (non-hydrogen) atoms. The van der Waals surface area contributed by atoms with Crippen LogP contribution in [0.15, 0.2) is 30.7 Å². The molecule has 0 N–H and O–H groups in total. The SMILES string of the molecule is N#Cc1ccnnc1N1CC(N2CCN(c3ncccn3)CC2)C1. The number of aromatic nitrogens is 4. The molecule has 122 valence electrons. The van der Waals surface area contributed by atoms with Gasteiger partial charge in [0, 0.05) is 57.7 Å². The molecule has 4 rings (SSSR count). The van der Waals surface area contributed by atoms with Crippen LogP contribution in [0.2, 0.25) is 0 Å². The van der Waals surface area contributed by atoms with E-state index in [0.29, 0.717) is 17.4 Å². The first kappa shape index (κ1) is 14.8. The van der Waals surface area contributed by atoms with E-state index >= 15 is 0 Å². The van der Waals surface area contributed by atoms with Crippen LogP contribution in [0.1, 0.15) is 5.56 Å². The molecule has 0 bridgehead atoms. The predicted octanol–water partition coefficient (Wildman–Crippen LogP) is 0.149. The second-order valence-corrected chi connectivity index (χ2v) is 6.01. The zero-order valence-corrected chi connectivity index (χ0v) is 13.3. The Morgan fingerprint density at radius 2 is 1.75 bits per heavy atom. The van der Waals surface area contributed by atoms with E-state index in [1.807, 2.05) is 6.07 Å². The van der Waals surface area contributed by atoms with Crippen molar-refractivity contribution in [3.63, 3.8) is 0 Å². The zero-order valence-electron chi connectivity index (χ0n) is 13.3. The Kier molecular flexibility index (Phi) is 3.92. The van der Waals surface area contributed by atoms with Crippen molar-refractivity contribution in [3.8, 4) is 6.07 Å². The van der Waals surface area contributed by atoms with E-state index in [2.05, 4.69) is 40.9 Å². The van der Waals surface area contributed by atoms with Crippen molar-refractivity contribution in [3.05, 3.63) is 36.3 Å². The standard InChI is InChI=1S/C16H18N8/c17-10-13-2-5-20-21-15(13)24-11-14(12-24)22-6-8-23(9-7-22)16-18-3-1-4-19-16/h1-5,14H,6-9,11-12H2. The van der Waals surface area contributed by atoms with Crippen molar-refractivity contribution in [2.45, 2.75) is 6.04 Å². The van der Waals surface area contributed by atoms with E-state index in [4.69, 9.17) is 5.26 Å². The van der Waals surface area contributed by atoms with Gasteiger partial charge in [-0.2, -0.15) is 10.4 Å². The molecule has 2 fully saturated rings. The lowest BCUT2D eigenvalue weighted by molar-refractivity contribution is 0.156. The summed E-state index contributed by atoms with van der Waals surface area (Å²) >= 11 is 0. The summed E-state index contributed by atoms with van der Waals surface area (Å²) in [5, 5.41) is 17.2. The molecule has 0 aliphatic carbocycles. The molecule has 8 nitrogen and oxygen atoms in total. The van der Waals surface area contributed by atoms with Crippen LogP contribution in [0.25, 0.3) is 0 Å². The molecule has 0 spiro atoms. The summed E-state index contributed by atoms with van der Waals surface area (Å²) in [6.45, 7) is 5.68. The van der Waals surface area contributed by atoms with Crippen LogP contribution in [0.4, 0.5) is 11.8 Å². The monoisotopic (exact) mass is 322 g/mol. The van der Waals surface area contributed by atoms with Gasteiger partial charge in [-0.1, -0.05) is 0 Å². The Labute approximate surface area is 140 Å². The van der Waals surface area contributed by atoms with Gasteiger partial charge in [-0.15, -0.1) is 5.10 Å². The van der Waals surface area contributed by atoms with E-state index in [1.165, 1.54) is 0 Å². The topological polar surface area (TPSA) is 85.1 Å². The van der Waals surface area contributed by atoms with Crippen LogP contribution >= 0.6 is 0 Å². The van der Waals surface area contributed by atoms with Gasteiger partial charge in [0.1, 0.15) is 6.07 Å². The van der Waals surface area contributed by atoms with Gasteiger partial charge in [0.15, 0.2) is 5.82 Å². The van der Waals surface area contributed by atoms with E-state index in [0.717, 1.165) is 45.2 Å². The number of anilines is 2. The number of nitriles is 1. The summed E-state index contributed by atoms with van der Waals surface area (Å²) in [5.74, 6) is 1.51. The maximum atomic E-state index is 9.17. The van der Waals surface area contributed by atoms with Gasteiger partial charge in [0.05, 0.1) is 11.8 Å². The normalized spacial score (nSPS) is 19.0. The van der Waals surface area contributed by atoms with Gasteiger partial charge >= 0.3 is 0 Å². The molecule has 0 atom stereocenters. The van der Waals surface area contributed by atoms with Gasteiger partial charge < -0.3 is 9.80 Å². The summed E-state index contributed by atoms with van der Waals surface area (Å²) < 4.78 is 0. The van der Waals surface area contributed by atoms with Gasteiger partial charge in [-0.05, 0) is 12.1 Å². The third kappa shape index (κ3) is 2.74. The largest absolute Gasteiger partial charge is 0.351 e. The lowest BCUT2D eigenvalue weighted by atomic mass is 10.1. The molecule has 8 heteroatoms. The molecule has 0 aromatic carbocycles.